The first-order chi connectivity index (χ1) is 9.41. The van der Waals surface area contributed by atoms with Crippen LogP contribution in [0.15, 0.2) is 48.5 Å². The fourth-order valence-electron chi connectivity index (χ4n) is 1.98. The molecule has 0 amide bonds. The average molecular weight is 280 g/mol. The van der Waals surface area contributed by atoms with Crippen LogP contribution in [-0.4, -0.2) is 11.3 Å². The quantitative estimate of drug-likeness (QED) is 0.877. The first-order valence-corrected chi connectivity index (χ1v) is 6.36. The molecule has 0 aliphatic rings. The molecule has 0 aliphatic carbocycles. The zero-order chi connectivity index (χ0) is 14.8. The van der Waals surface area contributed by atoms with Gasteiger partial charge in [0.15, 0.2) is 6.10 Å². The van der Waals surface area contributed by atoms with Crippen molar-refractivity contribution < 1.29 is 18.3 Å². The Morgan fingerprint density at radius 1 is 0.900 bits per heavy atom. The van der Waals surface area contributed by atoms with Gasteiger partial charge in [0.1, 0.15) is 0 Å². The maximum absolute atomic E-state index is 12.4. The Kier molecular flexibility index (Phi) is 4.14. The predicted molar refractivity (Wildman–Crippen MR) is 72.3 cm³/mol. The lowest BCUT2D eigenvalue weighted by molar-refractivity contribution is -0.206. The van der Waals surface area contributed by atoms with Crippen LogP contribution in [0.1, 0.15) is 24.2 Å². The zero-order valence-electron chi connectivity index (χ0n) is 11.0. The summed E-state index contributed by atoms with van der Waals surface area (Å²) < 4.78 is 37.2. The molecular weight excluding hydrogens is 265 g/mol. The van der Waals surface area contributed by atoms with Gasteiger partial charge in [0.05, 0.1) is 0 Å². The van der Waals surface area contributed by atoms with Gasteiger partial charge in [-0.1, -0.05) is 55.5 Å². The largest absolute Gasteiger partial charge is 0.418 e. The SMILES string of the molecule is CCc1ccc(-c2ccc(C(O)C(F)(F)F)cc2)cc1. The molecule has 2 aromatic rings. The minimum atomic E-state index is -4.63. The van der Waals surface area contributed by atoms with E-state index in [4.69, 9.17) is 5.11 Å². The van der Waals surface area contributed by atoms with E-state index in [1.54, 1.807) is 12.1 Å². The average Bonchev–Trinajstić information content (AvgIpc) is 2.46. The molecule has 1 N–H and O–H groups in total. The van der Waals surface area contributed by atoms with Crippen LogP contribution >= 0.6 is 0 Å². The number of alkyl halides is 3. The molecule has 1 atom stereocenters. The Balaban J connectivity index is 2.23. The van der Waals surface area contributed by atoms with Crippen molar-refractivity contribution in [3.8, 4) is 11.1 Å². The third kappa shape index (κ3) is 3.20. The molecule has 0 radical (unpaired) electrons. The molecule has 106 valence electrons. The third-order valence-corrected chi connectivity index (χ3v) is 3.23. The van der Waals surface area contributed by atoms with E-state index in [9.17, 15) is 13.2 Å². The van der Waals surface area contributed by atoms with Gasteiger partial charge in [0, 0.05) is 0 Å². The van der Waals surface area contributed by atoms with Crippen molar-refractivity contribution in [3.63, 3.8) is 0 Å². The Morgan fingerprint density at radius 3 is 1.75 bits per heavy atom. The van der Waals surface area contributed by atoms with Crippen molar-refractivity contribution in [1.29, 1.82) is 0 Å². The molecule has 0 fully saturated rings. The highest BCUT2D eigenvalue weighted by Crippen LogP contribution is 2.33. The zero-order valence-corrected chi connectivity index (χ0v) is 11.0. The highest BCUT2D eigenvalue weighted by atomic mass is 19.4. The summed E-state index contributed by atoms with van der Waals surface area (Å²) in [6, 6.07) is 13.7. The van der Waals surface area contributed by atoms with Gasteiger partial charge in [0.2, 0.25) is 0 Å². The van der Waals surface area contributed by atoms with Gasteiger partial charge in [-0.05, 0) is 28.7 Å². The minimum absolute atomic E-state index is 0.147. The minimum Gasteiger partial charge on any atom is -0.379 e. The summed E-state index contributed by atoms with van der Waals surface area (Å²) in [5, 5.41) is 9.16. The van der Waals surface area contributed by atoms with E-state index in [1.165, 1.54) is 17.7 Å². The topological polar surface area (TPSA) is 20.2 Å². The Labute approximate surface area is 115 Å². The van der Waals surface area contributed by atoms with Crippen LogP contribution in [0.25, 0.3) is 11.1 Å². The molecule has 20 heavy (non-hydrogen) atoms. The molecule has 2 aromatic carbocycles. The van der Waals surface area contributed by atoms with Crippen LogP contribution in [0.5, 0.6) is 0 Å². The first-order valence-electron chi connectivity index (χ1n) is 6.36. The fraction of sp³-hybridized carbons (Fsp3) is 0.250. The monoisotopic (exact) mass is 280 g/mol. The van der Waals surface area contributed by atoms with Gasteiger partial charge in [-0.2, -0.15) is 13.2 Å². The molecule has 1 nitrogen and oxygen atoms in total. The van der Waals surface area contributed by atoms with Crippen molar-refractivity contribution in [2.24, 2.45) is 0 Å². The summed E-state index contributed by atoms with van der Waals surface area (Å²) in [6.07, 6.45) is -6.12. The summed E-state index contributed by atoms with van der Waals surface area (Å²) in [5.74, 6) is 0. The molecule has 0 heterocycles. The Bertz CT molecular complexity index is 556. The Hall–Kier alpha value is -1.81. The molecule has 0 aromatic heterocycles. The van der Waals surface area contributed by atoms with Crippen molar-refractivity contribution >= 4 is 0 Å². The van der Waals surface area contributed by atoms with E-state index in [0.29, 0.717) is 0 Å². The molecule has 0 spiro atoms. The van der Waals surface area contributed by atoms with E-state index >= 15 is 0 Å². The van der Waals surface area contributed by atoms with Crippen LogP contribution in [0, 0.1) is 0 Å². The number of hydrogen-bond acceptors (Lipinski definition) is 1. The van der Waals surface area contributed by atoms with Gasteiger partial charge < -0.3 is 5.11 Å². The number of hydrogen-bond donors (Lipinski definition) is 1. The second-order valence-corrected chi connectivity index (χ2v) is 4.62. The smallest absolute Gasteiger partial charge is 0.379 e. The maximum atomic E-state index is 12.4. The molecule has 1 unspecified atom stereocenters. The summed E-state index contributed by atoms with van der Waals surface area (Å²) in [7, 11) is 0. The van der Waals surface area contributed by atoms with Gasteiger partial charge >= 0.3 is 6.18 Å². The number of aliphatic hydroxyl groups is 1. The second-order valence-electron chi connectivity index (χ2n) is 4.62. The van der Waals surface area contributed by atoms with Crippen LogP contribution in [0.4, 0.5) is 13.2 Å². The van der Waals surface area contributed by atoms with Gasteiger partial charge in [-0.25, -0.2) is 0 Å². The number of halogens is 3. The predicted octanol–water partition coefficient (Wildman–Crippen LogP) is 4.51. The highest BCUT2D eigenvalue weighted by Gasteiger charge is 2.39. The standard InChI is InChI=1S/C16H15F3O/c1-2-11-3-5-12(6-4-11)13-7-9-14(10-8-13)15(20)16(17,18)19/h3-10,15,20H,2H2,1H3. The van der Waals surface area contributed by atoms with Crippen molar-refractivity contribution in [1.82, 2.24) is 0 Å². The van der Waals surface area contributed by atoms with E-state index in [-0.39, 0.29) is 5.56 Å². The lowest BCUT2D eigenvalue weighted by atomic mass is 10.0. The van der Waals surface area contributed by atoms with Crippen molar-refractivity contribution in [2.75, 3.05) is 0 Å². The lowest BCUT2D eigenvalue weighted by Gasteiger charge is -2.15. The van der Waals surface area contributed by atoms with Gasteiger partial charge in [0.25, 0.3) is 0 Å². The first kappa shape index (κ1) is 14.6. The van der Waals surface area contributed by atoms with E-state index in [2.05, 4.69) is 6.92 Å². The van der Waals surface area contributed by atoms with Gasteiger partial charge in [-0.15, -0.1) is 0 Å². The normalized spacial score (nSPS) is 13.2. The molecule has 0 aliphatic heterocycles. The lowest BCUT2D eigenvalue weighted by Crippen LogP contribution is -2.19. The van der Waals surface area contributed by atoms with Crippen molar-refractivity contribution in [2.45, 2.75) is 25.6 Å². The van der Waals surface area contributed by atoms with Gasteiger partial charge in [-0.3, -0.25) is 0 Å². The summed E-state index contributed by atoms with van der Waals surface area (Å²) in [5.41, 5.74) is 2.82. The number of aliphatic hydroxyl groups excluding tert-OH is 1. The van der Waals surface area contributed by atoms with Crippen LogP contribution in [-0.2, 0) is 6.42 Å². The van der Waals surface area contributed by atoms with E-state index in [0.717, 1.165) is 17.5 Å². The Morgan fingerprint density at radius 2 is 1.35 bits per heavy atom. The van der Waals surface area contributed by atoms with E-state index < -0.39 is 12.3 Å². The summed E-state index contributed by atoms with van der Waals surface area (Å²) in [4.78, 5) is 0. The third-order valence-electron chi connectivity index (χ3n) is 3.23. The maximum Gasteiger partial charge on any atom is 0.418 e. The number of benzene rings is 2. The second kappa shape index (κ2) is 5.67. The molecule has 0 bridgehead atoms. The summed E-state index contributed by atoms with van der Waals surface area (Å²) in [6.45, 7) is 2.06. The molecule has 2 rings (SSSR count). The fourth-order valence-corrected chi connectivity index (χ4v) is 1.98. The van der Waals surface area contributed by atoms with Crippen molar-refractivity contribution in [3.05, 3.63) is 59.7 Å². The molecule has 0 saturated heterocycles. The molecule has 0 saturated carbocycles. The van der Waals surface area contributed by atoms with Crippen LogP contribution in [0.3, 0.4) is 0 Å². The number of aryl methyl sites for hydroxylation is 1. The highest BCUT2D eigenvalue weighted by molar-refractivity contribution is 5.64. The van der Waals surface area contributed by atoms with Crippen LogP contribution in [0.2, 0.25) is 0 Å². The molecule has 4 heteroatoms. The number of rotatable bonds is 3. The van der Waals surface area contributed by atoms with E-state index in [1.807, 2.05) is 24.3 Å². The molecular formula is C16H15F3O. The summed E-state index contributed by atoms with van der Waals surface area (Å²) >= 11 is 0. The van der Waals surface area contributed by atoms with Crippen LogP contribution < -0.4 is 0 Å².